The monoisotopic (exact) mass is 340 g/mol. The molecule has 0 saturated carbocycles. The van der Waals surface area contributed by atoms with E-state index in [9.17, 15) is 4.79 Å². The molecule has 0 fully saturated rings. The molecule has 0 aliphatic carbocycles. The fourth-order valence-electron chi connectivity index (χ4n) is 2.41. The second-order valence-electron chi connectivity index (χ2n) is 5.24. The summed E-state index contributed by atoms with van der Waals surface area (Å²) in [6.45, 7) is 3.01. The van der Waals surface area contributed by atoms with Gasteiger partial charge in [-0.15, -0.1) is 0 Å². The van der Waals surface area contributed by atoms with Crippen molar-refractivity contribution in [3.05, 3.63) is 71.1 Å². The van der Waals surface area contributed by atoms with Gasteiger partial charge in [0.15, 0.2) is 5.69 Å². The summed E-state index contributed by atoms with van der Waals surface area (Å²) in [4.78, 5) is 16.5. The van der Waals surface area contributed by atoms with Crippen LogP contribution in [0.5, 0.6) is 0 Å². The second kappa shape index (κ2) is 7.27. The van der Waals surface area contributed by atoms with E-state index in [0.29, 0.717) is 23.8 Å². The topological polar surface area (TPSA) is 59.8 Å². The fourth-order valence-corrected chi connectivity index (χ4v) is 2.60. The SMILES string of the molecule is CCn1nc(C(=O)NCc2ccccn2)cc1-c1cccc(Cl)c1. The molecule has 0 aliphatic rings. The summed E-state index contributed by atoms with van der Waals surface area (Å²) in [5, 5.41) is 7.88. The van der Waals surface area contributed by atoms with E-state index in [2.05, 4.69) is 15.4 Å². The van der Waals surface area contributed by atoms with Crippen molar-refractivity contribution in [2.75, 3.05) is 0 Å². The van der Waals surface area contributed by atoms with E-state index in [1.54, 1.807) is 16.9 Å². The lowest BCUT2D eigenvalue weighted by Crippen LogP contribution is -2.23. The molecular formula is C18H17ClN4O. The van der Waals surface area contributed by atoms with Crippen LogP contribution in [0.1, 0.15) is 23.1 Å². The second-order valence-corrected chi connectivity index (χ2v) is 5.68. The van der Waals surface area contributed by atoms with Gasteiger partial charge in [-0.05, 0) is 37.3 Å². The molecule has 6 heteroatoms. The normalized spacial score (nSPS) is 10.6. The summed E-state index contributed by atoms with van der Waals surface area (Å²) in [7, 11) is 0. The molecule has 1 amide bonds. The molecule has 2 heterocycles. The maximum absolute atomic E-state index is 12.4. The van der Waals surface area contributed by atoms with Crippen molar-refractivity contribution in [1.29, 1.82) is 0 Å². The van der Waals surface area contributed by atoms with Crippen LogP contribution in [-0.4, -0.2) is 20.7 Å². The van der Waals surface area contributed by atoms with Gasteiger partial charge in [-0.2, -0.15) is 5.10 Å². The molecule has 0 saturated heterocycles. The van der Waals surface area contributed by atoms with Crippen LogP contribution in [0.4, 0.5) is 0 Å². The number of aryl methyl sites for hydroxylation is 1. The van der Waals surface area contributed by atoms with E-state index in [-0.39, 0.29) is 5.91 Å². The molecule has 0 radical (unpaired) electrons. The largest absolute Gasteiger partial charge is 0.345 e. The van der Waals surface area contributed by atoms with E-state index < -0.39 is 0 Å². The number of carbonyl (C=O) groups is 1. The van der Waals surface area contributed by atoms with Crippen molar-refractivity contribution in [2.24, 2.45) is 0 Å². The number of hydrogen-bond donors (Lipinski definition) is 1. The summed E-state index contributed by atoms with van der Waals surface area (Å²) < 4.78 is 1.79. The van der Waals surface area contributed by atoms with Crippen LogP contribution >= 0.6 is 11.6 Å². The number of halogens is 1. The minimum absolute atomic E-state index is 0.226. The molecule has 1 aromatic carbocycles. The predicted octanol–water partition coefficient (Wildman–Crippen LogP) is 3.55. The summed E-state index contributed by atoms with van der Waals surface area (Å²) in [6, 6.07) is 14.9. The van der Waals surface area contributed by atoms with Gasteiger partial charge >= 0.3 is 0 Å². The van der Waals surface area contributed by atoms with Crippen LogP contribution in [0.3, 0.4) is 0 Å². The Balaban J connectivity index is 1.80. The highest BCUT2D eigenvalue weighted by atomic mass is 35.5. The number of nitrogens with one attached hydrogen (secondary N) is 1. The Bertz CT molecular complexity index is 845. The zero-order valence-corrected chi connectivity index (χ0v) is 14.0. The van der Waals surface area contributed by atoms with E-state index in [1.807, 2.05) is 49.4 Å². The summed E-state index contributed by atoms with van der Waals surface area (Å²) in [5.41, 5.74) is 2.97. The first-order valence-electron chi connectivity index (χ1n) is 7.69. The van der Waals surface area contributed by atoms with Gasteiger partial charge in [0.05, 0.1) is 17.9 Å². The Morgan fingerprint density at radius 1 is 1.21 bits per heavy atom. The molecule has 5 nitrogen and oxygen atoms in total. The van der Waals surface area contributed by atoms with E-state index in [4.69, 9.17) is 11.6 Å². The highest BCUT2D eigenvalue weighted by Crippen LogP contribution is 2.23. The van der Waals surface area contributed by atoms with E-state index in [1.165, 1.54) is 0 Å². The number of amides is 1. The zero-order valence-electron chi connectivity index (χ0n) is 13.2. The molecule has 3 aromatic rings. The Morgan fingerprint density at radius 2 is 2.08 bits per heavy atom. The fraction of sp³-hybridized carbons (Fsp3) is 0.167. The van der Waals surface area contributed by atoms with Crippen molar-refractivity contribution in [3.8, 4) is 11.3 Å². The first-order chi connectivity index (χ1) is 11.7. The van der Waals surface area contributed by atoms with Gasteiger partial charge in [0.2, 0.25) is 0 Å². The standard InChI is InChI=1S/C18H17ClN4O/c1-2-23-17(13-6-5-7-14(19)10-13)11-16(22-23)18(24)21-12-15-8-3-4-9-20-15/h3-11H,2,12H2,1H3,(H,21,24). The minimum atomic E-state index is -0.226. The van der Waals surface area contributed by atoms with E-state index in [0.717, 1.165) is 17.0 Å². The smallest absolute Gasteiger partial charge is 0.272 e. The zero-order chi connectivity index (χ0) is 16.9. The van der Waals surface area contributed by atoms with Gasteiger partial charge in [0.25, 0.3) is 5.91 Å². The molecule has 24 heavy (non-hydrogen) atoms. The highest BCUT2D eigenvalue weighted by Gasteiger charge is 2.15. The molecule has 0 bridgehead atoms. The lowest BCUT2D eigenvalue weighted by molar-refractivity contribution is 0.0944. The Kier molecular flexibility index (Phi) is 4.91. The van der Waals surface area contributed by atoms with Gasteiger partial charge in [0.1, 0.15) is 0 Å². The number of pyridine rings is 1. The number of aromatic nitrogens is 3. The third-order valence-corrected chi connectivity index (χ3v) is 3.82. The predicted molar refractivity (Wildman–Crippen MR) is 93.8 cm³/mol. The lowest BCUT2D eigenvalue weighted by atomic mass is 10.1. The maximum atomic E-state index is 12.4. The third-order valence-electron chi connectivity index (χ3n) is 3.59. The highest BCUT2D eigenvalue weighted by molar-refractivity contribution is 6.30. The quantitative estimate of drug-likeness (QED) is 0.772. The van der Waals surface area contributed by atoms with Crippen molar-refractivity contribution in [3.63, 3.8) is 0 Å². The van der Waals surface area contributed by atoms with Crippen LogP contribution in [0.25, 0.3) is 11.3 Å². The van der Waals surface area contributed by atoms with Gasteiger partial charge < -0.3 is 5.32 Å². The molecule has 2 aromatic heterocycles. The van der Waals surface area contributed by atoms with Crippen molar-refractivity contribution in [1.82, 2.24) is 20.1 Å². The molecular weight excluding hydrogens is 324 g/mol. The number of rotatable bonds is 5. The van der Waals surface area contributed by atoms with Crippen LogP contribution in [0.15, 0.2) is 54.7 Å². The Morgan fingerprint density at radius 3 is 2.79 bits per heavy atom. The Labute approximate surface area is 145 Å². The average Bonchev–Trinajstić information content (AvgIpc) is 3.05. The van der Waals surface area contributed by atoms with Crippen molar-refractivity contribution >= 4 is 17.5 Å². The molecule has 3 rings (SSSR count). The number of benzene rings is 1. The molecule has 1 N–H and O–H groups in total. The van der Waals surface area contributed by atoms with Crippen molar-refractivity contribution in [2.45, 2.75) is 20.0 Å². The average molecular weight is 341 g/mol. The van der Waals surface area contributed by atoms with Gasteiger partial charge in [-0.3, -0.25) is 14.5 Å². The number of hydrogen-bond acceptors (Lipinski definition) is 3. The van der Waals surface area contributed by atoms with Crippen LogP contribution in [0.2, 0.25) is 5.02 Å². The number of nitrogens with zero attached hydrogens (tertiary/aromatic N) is 3. The minimum Gasteiger partial charge on any atom is -0.345 e. The molecule has 122 valence electrons. The molecule has 0 aliphatic heterocycles. The first-order valence-corrected chi connectivity index (χ1v) is 8.07. The third kappa shape index (κ3) is 3.63. The summed E-state index contributed by atoms with van der Waals surface area (Å²) >= 11 is 6.06. The first kappa shape index (κ1) is 16.2. The van der Waals surface area contributed by atoms with Gasteiger partial charge in [0, 0.05) is 23.3 Å². The van der Waals surface area contributed by atoms with Gasteiger partial charge in [-0.25, -0.2) is 0 Å². The van der Waals surface area contributed by atoms with Crippen LogP contribution in [0, 0.1) is 0 Å². The van der Waals surface area contributed by atoms with Crippen LogP contribution < -0.4 is 5.32 Å². The number of carbonyl (C=O) groups excluding carboxylic acids is 1. The Hall–Kier alpha value is -2.66. The van der Waals surface area contributed by atoms with Gasteiger partial charge in [-0.1, -0.05) is 29.8 Å². The summed E-state index contributed by atoms with van der Waals surface area (Å²) in [5.74, 6) is -0.226. The molecule has 0 atom stereocenters. The maximum Gasteiger partial charge on any atom is 0.272 e. The van der Waals surface area contributed by atoms with E-state index >= 15 is 0 Å². The summed E-state index contributed by atoms with van der Waals surface area (Å²) in [6.07, 6.45) is 1.70. The molecule has 0 unspecified atom stereocenters. The van der Waals surface area contributed by atoms with Crippen molar-refractivity contribution < 1.29 is 4.79 Å². The lowest BCUT2D eigenvalue weighted by Gasteiger charge is -2.04. The van der Waals surface area contributed by atoms with Crippen LogP contribution in [-0.2, 0) is 13.1 Å². The molecule has 0 spiro atoms.